The molecule has 196 valence electrons. The summed E-state index contributed by atoms with van der Waals surface area (Å²) >= 11 is 7.19. The highest BCUT2D eigenvalue weighted by molar-refractivity contribution is 8.26. The van der Waals surface area contributed by atoms with Crippen LogP contribution < -0.4 is 0 Å². The Bertz CT molecular complexity index is 1180. The number of carbonyl (C=O) groups is 1. The Balaban J connectivity index is 1.25. The van der Waals surface area contributed by atoms with Gasteiger partial charge >= 0.3 is 0 Å². The molecule has 5 fully saturated rings. The van der Waals surface area contributed by atoms with Gasteiger partial charge < -0.3 is 9.52 Å². The third-order valence-electron chi connectivity index (χ3n) is 8.89. The molecule has 1 aliphatic heterocycles. The highest BCUT2D eigenvalue weighted by atomic mass is 32.2. The molecule has 4 saturated carbocycles. The topological polar surface area (TPSA) is 53.7 Å². The second-order valence-electron chi connectivity index (χ2n) is 11.4. The zero-order valence-electron chi connectivity index (χ0n) is 21.0. The standard InChI is InChI=1S/C30H34FNO3S2/c31-24-8-6-20(7-9-24)25-16-21(5-3-1-2-4-10-33)26(35-25)17-27-29(34)32(30(36)37-27)28-22-12-18-11-19(14-22)15-23(28)13-18/h6-9,16-19,22-23,28,33H,1-5,10-15H2/b27-17-. The third-order valence-corrected chi connectivity index (χ3v) is 10.2. The first-order chi connectivity index (χ1) is 18.0. The number of aryl methyl sites for hydroxylation is 1. The van der Waals surface area contributed by atoms with Crippen molar-refractivity contribution in [2.24, 2.45) is 23.7 Å². The summed E-state index contributed by atoms with van der Waals surface area (Å²) in [6, 6.07) is 8.57. The molecule has 4 aliphatic carbocycles. The maximum absolute atomic E-state index is 13.7. The molecular weight excluding hydrogens is 505 g/mol. The van der Waals surface area contributed by atoms with Crippen LogP contribution >= 0.6 is 24.0 Å². The average Bonchev–Trinajstić information content (AvgIpc) is 3.39. The molecule has 4 bridgehead atoms. The number of carbonyl (C=O) groups excluding carboxylic acids is 1. The number of halogens is 1. The van der Waals surface area contributed by atoms with E-state index in [2.05, 4.69) is 0 Å². The Labute approximate surface area is 227 Å². The van der Waals surface area contributed by atoms with Crippen molar-refractivity contribution in [3.8, 4) is 11.3 Å². The van der Waals surface area contributed by atoms with Gasteiger partial charge in [-0.15, -0.1) is 0 Å². The zero-order chi connectivity index (χ0) is 25.5. The summed E-state index contributed by atoms with van der Waals surface area (Å²) in [6.45, 7) is 0.220. The average molecular weight is 540 g/mol. The van der Waals surface area contributed by atoms with Gasteiger partial charge in [-0.05, 0) is 111 Å². The van der Waals surface area contributed by atoms with Gasteiger partial charge in [0.1, 0.15) is 21.7 Å². The predicted molar refractivity (Wildman–Crippen MR) is 149 cm³/mol. The molecule has 7 heteroatoms. The van der Waals surface area contributed by atoms with Gasteiger partial charge in [0.25, 0.3) is 5.91 Å². The van der Waals surface area contributed by atoms with Gasteiger partial charge in [0, 0.05) is 24.3 Å². The lowest BCUT2D eigenvalue weighted by atomic mass is 9.54. The number of thioether (sulfide) groups is 1. The number of rotatable bonds is 9. The van der Waals surface area contributed by atoms with Crippen LogP contribution in [0.4, 0.5) is 4.39 Å². The number of aliphatic hydroxyl groups excluding tert-OH is 1. The van der Waals surface area contributed by atoms with E-state index in [1.165, 1.54) is 56.0 Å². The molecule has 1 aromatic carbocycles. The van der Waals surface area contributed by atoms with Gasteiger partial charge in [-0.2, -0.15) is 0 Å². The largest absolute Gasteiger partial charge is 0.456 e. The first-order valence-corrected chi connectivity index (χ1v) is 15.0. The Morgan fingerprint density at radius 3 is 2.38 bits per heavy atom. The number of aliphatic hydroxyl groups is 1. The molecule has 4 nitrogen and oxygen atoms in total. The van der Waals surface area contributed by atoms with Crippen molar-refractivity contribution in [1.29, 1.82) is 0 Å². The molecule has 0 radical (unpaired) electrons. The summed E-state index contributed by atoms with van der Waals surface area (Å²) in [7, 11) is 0. The zero-order valence-corrected chi connectivity index (χ0v) is 22.7. The molecule has 1 saturated heterocycles. The first kappa shape index (κ1) is 25.3. The molecule has 1 N–H and O–H groups in total. The number of unbranched alkanes of at least 4 members (excludes halogenated alkanes) is 3. The summed E-state index contributed by atoms with van der Waals surface area (Å²) in [5.74, 6) is 3.97. The number of furan rings is 1. The molecule has 5 aliphatic rings. The van der Waals surface area contributed by atoms with E-state index in [-0.39, 0.29) is 24.4 Å². The minimum Gasteiger partial charge on any atom is -0.456 e. The van der Waals surface area contributed by atoms with E-state index in [9.17, 15) is 9.18 Å². The molecule has 0 atom stereocenters. The summed E-state index contributed by atoms with van der Waals surface area (Å²) in [5.41, 5.74) is 1.85. The number of amides is 1. The van der Waals surface area contributed by atoms with Gasteiger partial charge in [0.2, 0.25) is 0 Å². The summed E-state index contributed by atoms with van der Waals surface area (Å²) in [4.78, 5) is 16.3. The van der Waals surface area contributed by atoms with Crippen LogP contribution in [0.3, 0.4) is 0 Å². The van der Waals surface area contributed by atoms with Gasteiger partial charge in [0.05, 0.1) is 4.91 Å². The fourth-order valence-corrected chi connectivity index (χ4v) is 8.79. The highest BCUT2D eigenvalue weighted by Gasteiger charge is 2.53. The minimum atomic E-state index is -0.284. The number of thiocarbonyl (C=S) groups is 1. The third kappa shape index (κ3) is 5.07. The van der Waals surface area contributed by atoms with Crippen molar-refractivity contribution < 1.29 is 18.7 Å². The lowest BCUT2D eigenvalue weighted by Crippen LogP contribution is -2.57. The quantitative estimate of drug-likeness (QED) is 0.207. The second-order valence-corrected chi connectivity index (χ2v) is 13.0. The van der Waals surface area contributed by atoms with E-state index >= 15 is 0 Å². The first-order valence-electron chi connectivity index (χ1n) is 13.8. The normalized spacial score (nSPS) is 29.7. The van der Waals surface area contributed by atoms with Crippen LogP contribution in [0.25, 0.3) is 17.4 Å². The van der Waals surface area contributed by atoms with Crippen LogP contribution in [0.15, 0.2) is 39.7 Å². The number of hydrogen-bond donors (Lipinski definition) is 1. The van der Waals surface area contributed by atoms with E-state index in [0.29, 0.717) is 32.6 Å². The molecule has 1 aromatic heterocycles. The molecule has 1 amide bonds. The fourth-order valence-electron chi connectivity index (χ4n) is 7.47. The molecular formula is C30H34FNO3S2. The summed E-state index contributed by atoms with van der Waals surface area (Å²) < 4.78 is 20.4. The SMILES string of the molecule is O=C1/C(=C/c2oc(-c3ccc(F)cc3)cc2CCCCCCO)SC(=S)N1C1C2CC3CC(C2)CC1C3. The van der Waals surface area contributed by atoms with Gasteiger partial charge in [-0.1, -0.05) is 36.8 Å². The molecule has 0 unspecified atom stereocenters. The Hall–Kier alpha value is -1.96. The number of nitrogens with zero attached hydrogens (tertiary/aromatic N) is 1. The van der Waals surface area contributed by atoms with Gasteiger partial charge in [-0.25, -0.2) is 4.39 Å². The smallest absolute Gasteiger partial charge is 0.266 e. The minimum absolute atomic E-state index is 0.0288. The van der Waals surface area contributed by atoms with Crippen molar-refractivity contribution in [3.63, 3.8) is 0 Å². The molecule has 37 heavy (non-hydrogen) atoms. The van der Waals surface area contributed by atoms with Crippen LogP contribution in [-0.4, -0.2) is 32.9 Å². The van der Waals surface area contributed by atoms with Crippen LogP contribution in [0.5, 0.6) is 0 Å². The Morgan fingerprint density at radius 2 is 1.70 bits per heavy atom. The number of benzene rings is 1. The highest BCUT2D eigenvalue weighted by Crippen LogP contribution is 2.56. The van der Waals surface area contributed by atoms with Crippen molar-refractivity contribution in [1.82, 2.24) is 4.90 Å². The van der Waals surface area contributed by atoms with Gasteiger partial charge in [0.15, 0.2) is 0 Å². The van der Waals surface area contributed by atoms with Crippen LogP contribution in [0, 0.1) is 29.5 Å². The van der Waals surface area contributed by atoms with E-state index < -0.39 is 0 Å². The van der Waals surface area contributed by atoms with Gasteiger partial charge in [-0.3, -0.25) is 9.69 Å². The van der Waals surface area contributed by atoms with Crippen LogP contribution in [-0.2, 0) is 11.2 Å². The molecule has 2 aromatic rings. The maximum Gasteiger partial charge on any atom is 0.266 e. The fraction of sp³-hybridized carbons (Fsp3) is 0.533. The second kappa shape index (κ2) is 10.7. The van der Waals surface area contributed by atoms with Crippen LogP contribution in [0.1, 0.15) is 69.1 Å². The van der Waals surface area contributed by atoms with Crippen LogP contribution in [0.2, 0.25) is 0 Å². The number of hydrogen-bond acceptors (Lipinski definition) is 5. The maximum atomic E-state index is 13.7. The molecule has 0 spiro atoms. The lowest BCUT2D eigenvalue weighted by Gasteiger charge is -2.56. The lowest BCUT2D eigenvalue weighted by molar-refractivity contribution is -0.130. The Kier molecular flexibility index (Phi) is 7.30. The van der Waals surface area contributed by atoms with Crippen molar-refractivity contribution in [2.75, 3.05) is 6.61 Å². The molecule has 7 rings (SSSR count). The van der Waals surface area contributed by atoms with Crippen molar-refractivity contribution >= 4 is 40.3 Å². The molecule has 2 heterocycles. The summed E-state index contributed by atoms with van der Waals surface area (Å²) in [6.07, 6.45) is 12.8. The Morgan fingerprint density at radius 1 is 1.03 bits per heavy atom. The van der Waals surface area contributed by atoms with E-state index in [1.807, 2.05) is 17.0 Å². The summed E-state index contributed by atoms with van der Waals surface area (Å²) in [5, 5.41) is 9.07. The van der Waals surface area contributed by atoms with Crippen molar-refractivity contribution in [3.05, 3.63) is 52.4 Å². The van der Waals surface area contributed by atoms with E-state index in [0.717, 1.165) is 55.1 Å². The predicted octanol–water partition coefficient (Wildman–Crippen LogP) is 7.21. The van der Waals surface area contributed by atoms with E-state index in [1.54, 1.807) is 12.1 Å². The monoisotopic (exact) mass is 539 g/mol. The van der Waals surface area contributed by atoms with Crippen molar-refractivity contribution in [2.45, 2.75) is 70.3 Å². The van der Waals surface area contributed by atoms with E-state index in [4.69, 9.17) is 21.7 Å².